The maximum atomic E-state index is 13.2. The van der Waals surface area contributed by atoms with Gasteiger partial charge in [0.25, 0.3) is 10.0 Å². The van der Waals surface area contributed by atoms with Gasteiger partial charge in [-0.2, -0.15) is 0 Å². The lowest BCUT2D eigenvalue weighted by Gasteiger charge is -2.10. The van der Waals surface area contributed by atoms with Crippen LogP contribution in [0.5, 0.6) is 0 Å². The molecule has 0 saturated heterocycles. The third-order valence-corrected chi connectivity index (χ3v) is 6.20. The normalized spacial score (nSPS) is 11.4. The molecule has 1 heterocycles. The largest absolute Gasteiger partial charge is 0.389 e. The van der Waals surface area contributed by atoms with Crippen molar-refractivity contribution in [3.8, 4) is 0 Å². The molecule has 0 atom stereocenters. The molecular formula is C12H10ClFN2O2S3. The molecule has 0 radical (unpaired) electrons. The molecule has 3 N–H and O–H groups in total. The molecule has 0 aliphatic heterocycles. The highest BCUT2D eigenvalue weighted by molar-refractivity contribution is 7.94. The number of sulfonamides is 1. The van der Waals surface area contributed by atoms with E-state index in [0.29, 0.717) is 9.90 Å². The monoisotopic (exact) mass is 364 g/mol. The topological polar surface area (TPSA) is 72.2 Å². The van der Waals surface area contributed by atoms with E-state index in [9.17, 15) is 12.8 Å². The summed E-state index contributed by atoms with van der Waals surface area (Å²) in [5.41, 5.74) is 6.38. The summed E-state index contributed by atoms with van der Waals surface area (Å²) in [6.07, 6.45) is 0. The van der Waals surface area contributed by atoms with Gasteiger partial charge >= 0.3 is 0 Å². The molecule has 21 heavy (non-hydrogen) atoms. The second kappa shape index (κ2) is 5.88. The lowest BCUT2D eigenvalue weighted by Crippen LogP contribution is -2.17. The number of nitrogens with one attached hydrogen (secondary N) is 1. The molecule has 1 aromatic heterocycles. The molecule has 0 saturated carbocycles. The van der Waals surface area contributed by atoms with Crippen LogP contribution in [0.2, 0.25) is 4.34 Å². The summed E-state index contributed by atoms with van der Waals surface area (Å²) >= 11 is 11.6. The van der Waals surface area contributed by atoms with Crippen molar-refractivity contribution >= 4 is 55.9 Å². The molecule has 112 valence electrons. The van der Waals surface area contributed by atoms with E-state index < -0.39 is 15.8 Å². The van der Waals surface area contributed by atoms with Crippen LogP contribution in [0.25, 0.3) is 0 Å². The van der Waals surface area contributed by atoms with Gasteiger partial charge in [0.2, 0.25) is 0 Å². The molecule has 0 spiro atoms. The van der Waals surface area contributed by atoms with Crippen LogP contribution < -0.4 is 10.5 Å². The van der Waals surface area contributed by atoms with E-state index in [-0.39, 0.29) is 20.4 Å². The summed E-state index contributed by atoms with van der Waals surface area (Å²) in [5.74, 6) is -0.559. The van der Waals surface area contributed by atoms with Gasteiger partial charge in [0.1, 0.15) is 15.0 Å². The van der Waals surface area contributed by atoms with Gasteiger partial charge in [-0.1, -0.05) is 23.8 Å². The summed E-state index contributed by atoms with van der Waals surface area (Å²) in [5, 5.41) is 0. The molecule has 9 heteroatoms. The van der Waals surface area contributed by atoms with Crippen LogP contribution in [-0.4, -0.2) is 13.4 Å². The summed E-state index contributed by atoms with van der Waals surface area (Å²) < 4.78 is 40.6. The number of anilines is 1. The standard InChI is InChI=1S/C12H10ClFN2O2S3/c1-6-4-10(20-11(6)13)21(17,18)16-9-3-2-7(14)5-8(9)12(15)19/h2-5,16H,1H3,(H2,15,19). The van der Waals surface area contributed by atoms with E-state index in [0.717, 1.165) is 23.5 Å². The number of aryl methyl sites for hydroxylation is 1. The van der Waals surface area contributed by atoms with Gasteiger partial charge in [-0.15, -0.1) is 11.3 Å². The number of nitrogens with two attached hydrogens (primary N) is 1. The van der Waals surface area contributed by atoms with E-state index in [1.54, 1.807) is 6.92 Å². The molecule has 0 unspecified atom stereocenters. The van der Waals surface area contributed by atoms with Crippen LogP contribution in [0, 0.1) is 12.7 Å². The lowest BCUT2D eigenvalue weighted by molar-refractivity contribution is 0.603. The molecule has 2 aromatic rings. The Hall–Kier alpha value is -1.22. The minimum absolute atomic E-state index is 0.0585. The Kier molecular flexibility index (Phi) is 4.52. The van der Waals surface area contributed by atoms with Crippen molar-refractivity contribution in [2.75, 3.05) is 4.72 Å². The fourth-order valence-corrected chi connectivity index (χ4v) is 4.52. The molecular weight excluding hydrogens is 355 g/mol. The third kappa shape index (κ3) is 3.52. The first-order valence-electron chi connectivity index (χ1n) is 5.59. The van der Waals surface area contributed by atoms with Gasteiger partial charge in [-0.25, -0.2) is 12.8 Å². The quantitative estimate of drug-likeness (QED) is 0.816. The second-order valence-electron chi connectivity index (χ2n) is 4.18. The van der Waals surface area contributed by atoms with Crippen LogP contribution >= 0.6 is 35.2 Å². The predicted molar refractivity (Wildman–Crippen MR) is 87.2 cm³/mol. The average molecular weight is 365 g/mol. The van der Waals surface area contributed by atoms with Crippen molar-refractivity contribution < 1.29 is 12.8 Å². The van der Waals surface area contributed by atoms with E-state index in [4.69, 9.17) is 29.6 Å². The third-order valence-electron chi connectivity index (χ3n) is 2.59. The maximum absolute atomic E-state index is 13.2. The number of hydrogen-bond donors (Lipinski definition) is 2. The second-order valence-corrected chi connectivity index (χ2v) is 8.19. The highest BCUT2D eigenvalue weighted by Gasteiger charge is 2.20. The number of rotatable bonds is 4. The summed E-state index contributed by atoms with van der Waals surface area (Å²) in [6.45, 7) is 1.70. The molecule has 0 bridgehead atoms. The Labute approximate surface area is 135 Å². The number of halogens is 2. The first kappa shape index (κ1) is 16.2. The minimum atomic E-state index is -3.84. The van der Waals surface area contributed by atoms with Gasteiger partial charge in [-0.3, -0.25) is 4.72 Å². The Morgan fingerprint density at radius 2 is 2.10 bits per heavy atom. The van der Waals surface area contributed by atoms with E-state index in [1.165, 1.54) is 12.1 Å². The first-order chi connectivity index (χ1) is 9.70. The van der Waals surface area contributed by atoms with Crippen LogP contribution in [0.15, 0.2) is 28.5 Å². The van der Waals surface area contributed by atoms with Gasteiger partial charge < -0.3 is 5.73 Å². The van der Waals surface area contributed by atoms with Crippen molar-refractivity contribution in [3.63, 3.8) is 0 Å². The minimum Gasteiger partial charge on any atom is -0.389 e. The molecule has 0 amide bonds. The van der Waals surface area contributed by atoms with Crippen molar-refractivity contribution in [2.45, 2.75) is 11.1 Å². The molecule has 4 nitrogen and oxygen atoms in total. The van der Waals surface area contributed by atoms with Gasteiger partial charge in [0, 0.05) is 5.56 Å². The fourth-order valence-electron chi connectivity index (χ4n) is 1.57. The predicted octanol–water partition coefficient (Wildman–Crippen LogP) is 3.28. The van der Waals surface area contributed by atoms with Crippen molar-refractivity contribution in [1.82, 2.24) is 0 Å². The van der Waals surface area contributed by atoms with Gasteiger partial charge in [-0.05, 0) is 36.8 Å². The maximum Gasteiger partial charge on any atom is 0.271 e. The molecule has 0 aliphatic rings. The lowest BCUT2D eigenvalue weighted by atomic mass is 10.2. The van der Waals surface area contributed by atoms with E-state index in [2.05, 4.69) is 4.72 Å². The smallest absolute Gasteiger partial charge is 0.271 e. The van der Waals surface area contributed by atoms with Crippen molar-refractivity contribution in [3.05, 3.63) is 45.5 Å². The fraction of sp³-hybridized carbons (Fsp3) is 0.0833. The summed E-state index contributed by atoms with van der Waals surface area (Å²) in [4.78, 5) is -0.104. The Morgan fingerprint density at radius 3 is 2.62 bits per heavy atom. The SMILES string of the molecule is Cc1cc(S(=O)(=O)Nc2ccc(F)cc2C(N)=S)sc1Cl. The Bertz CT molecular complexity index is 798. The molecule has 0 fully saturated rings. The van der Waals surface area contributed by atoms with Crippen LogP contribution in [0.4, 0.5) is 10.1 Å². The van der Waals surface area contributed by atoms with E-state index >= 15 is 0 Å². The van der Waals surface area contributed by atoms with Crippen molar-refractivity contribution in [1.29, 1.82) is 0 Å². The highest BCUT2D eigenvalue weighted by atomic mass is 35.5. The number of thiophene rings is 1. The summed E-state index contributed by atoms with van der Waals surface area (Å²) in [6, 6.07) is 4.92. The Morgan fingerprint density at radius 1 is 1.43 bits per heavy atom. The molecule has 2 rings (SSSR count). The molecule has 0 aliphatic carbocycles. The van der Waals surface area contributed by atoms with Crippen molar-refractivity contribution in [2.24, 2.45) is 5.73 Å². The van der Waals surface area contributed by atoms with Gasteiger partial charge in [0.15, 0.2) is 0 Å². The first-order valence-corrected chi connectivity index (χ1v) is 8.67. The van der Waals surface area contributed by atoms with Crippen LogP contribution in [-0.2, 0) is 10.0 Å². The number of benzene rings is 1. The zero-order chi connectivity index (χ0) is 15.8. The zero-order valence-electron chi connectivity index (χ0n) is 10.7. The molecule has 1 aromatic carbocycles. The Balaban J connectivity index is 2.44. The average Bonchev–Trinajstić information content (AvgIpc) is 2.72. The van der Waals surface area contributed by atoms with E-state index in [1.807, 2.05) is 0 Å². The van der Waals surface area contributed by atoms with Crippen LogP contribution in [0.1, 0.15) is 11.1 Å². The highest BCUT2D eigenvalue weighted by Crippen LogP contribution is 2.31. The van der Waals surface area contributed by atoms with Gasteiger partial charge in [0.05, 0.1) is 10.0 Å². The summed E-state index contributed by atoms with van der Waals surface area (Å²) in [7, 11) is -3.84. The number of hydrogen-bond acceptors (Lipinski definition) is 4. The van der Waals surface area contributed by atoms with Crippen LogP contribution in [0.3, 0.4) is 0 Å². The number of thiocarbonyl (C=S) groups is 1. The zero-order valence-corrected chi connectivity index (χ0v) is 13.9.